The van der Waals surface area contributed by atoms with Crippen LogP contribution in [0.25, 0.3) is 10.2 Å². The van der Waals surface area contributed by atoms with E-state index in [4.69, 9.17) is 0 Å². The number of aromatic nitrogens is 1. The zero-order valence-electron chi connectivity index (χ0n) is 12.1. The number of benzene rings is 1. The van der Waals surface area contributed by atoms with Crippen LogP contribution in [0.1, 0.15) is 32.8 Å². The third-order valence-corrected chi connectivity index (χ3v) is 4.26. The third-order valence-electron chi connectivity index (χ3n) is 3.28. The van der Waals surface area contributed by atoms with Crippen LogP contribution in [0.3, 0.4) is 0 Å². The van der Waals surface area contributed by atoms with Crippen LogP contribution in [0.4, 0.5) is 5.13 Å². The summed E-state index contributed by atoms with van der Waals surface area (Å²) in [5, 5.41) is 4.40. The number of rotatable bonds is 7. The van der Waals surface area contributed by atoms with E-state index >= 15 is 0 Å². The molecule has 1 aromatic carbocycles. The highest BCUT2D eigenvalue weighted by Gasteiger charge is 2.06. The topological polar surface area (TPSA) is 28.2 Å². The second-order valence-corrected chi connectivity index (χ2v) is 5.74. The summed E-state index contributed by atoms with van der Waals surface area (Å²) < 4.78 is 1.28. The number of hydrogen-bond donors (Lipinski definition) is 1. The van der Waals surface area contributed by atoms with Crippen LogP contribution in [-0.2, 0) is 6.54 Å². The van der Waals surface area contributed by atoms with E-state index in [1.165, 1.54) is 10.3 Å². The lowest BCUT2D eigenvalue weighted by atomic mass is 10.2. The van der Waals surface area contributed by atoms with Gasteiger partial charge in [-0.3, -0.25) is 4.90 Å². The van der Waals surface area contributed by atoms with Crippen LogP contribution in [0.2, 0.25) is 0 Å². The maximum atomic E-state index is 4.60. The Kier molecular flexibility index (Phi) is 5.16. The molecule has 19 heavy (non-hydrogen) atoms. The normalized spacial score (nSPS) is 11.4. The Bertz CT molecular complexity index is 517. The molecule has 2 rings (SSSR count). The summed E-state index contributed by atoms with van der Waals surface area (Å²) in [6.45, 7) is 10.8. The lowest BCUT2D eigenvalue weighted by molar-refractivity contribution is 0.296. The van der Waals surface area contributed by atoms with Crippen LogP contribution in [0, 0.1) is 0 Å². The van der Waals surface area contributed by atoms with Crippen LogP contribution in [0.5, 0.6) is 0 Å². The first-order chi connectivity index (χ1) is 9.26. The molecule has 0 fully saturated rings. The number of fused-ring (bicyclic) bond motifs is 1. The van der Waals surface area contributed by atoms with E-state index in [0.29, 0.717) is 0 Å². The highest BCUT2D eigenvalue weighted by Crippen LogP contribution is 2.27. The molecule has 0 amide bonds. The summed E-state index contributed by atoms with van der Waals surface area (Å²) in [4.78, 5) is 7.03. The molecule has 4 heteroatoms. The maximum absolute atomic E-state index is 4.60. The summed E-state index contributed by atoms with van der Waals surface area (Å²) in [6.07, 6.45) is 1.13. The Morgan fingerprint density at radius 1 is 1.21 bits per heavy atom. The van der Waals surface area contributed by atoms with Gasteiger partial charge in [0.2, 0.25) is 0 Å². The van der Waals surface area contributed by atoms with E-state index in [2.05, 4.69) is 54.2 Å². The standard InChI is InChI=1S/C15H23N3S/c1-4-9-16-15-17-13-8-7-12(10-14(13)19-15)11-18(5-2)6-3/h7-8,10H,4-6,9,11H2,1-3H3,(H,16,17). The SMILES string of the molecule is CCCNc1nc2ccc(CN(CC)CC)cc2s1. The summed E-state index contributed by atoms with van der Waals surface area (Å²) >= 11 is 1.75. The van der Waals surface area contributed by atoms with Gasteiger partial charge in [-0.1, -0.05) is 38.2 Å². The predicted molar refractivity (Wildman–Crippen MR) is 85.0 cm³/mol. The van der Waals surface area contributed by atoms with E-state index in [-0.39, 0.29) is 0 Å². The van der Waals surface area contributed by atoms with Gasteiger partial charge in [0.1, 0.15) is 0 Å². The lowest BCUT2D eigenvalue weighted by Crippen LogP contribution is -2.21. The van der Waals surface area contributed by atoms with Crippen molar-refractivity contribution in [2.75, 3.05) is 25.0 Å². The lowest BCUT2D eigenvalue weighted by Gasteiger charge is -2.17. The van der Waals surface area contributed by atoms with Gasteiger partial charge >= 0.3 is 0 Å². The van der Waals surface area contributed by atoms with Crippen molar-refractivity contribution >= 4 is 26.7 Å². The third kappa shape index (κ3) is 3.67. The molecular weight excluding hydrogens is 254 g/mol. The maximum Gasteiger partial charge on any atom is 0.183 e. The summed E-state index contributed by atoms with van der Waals surface area (Å²) in [6, 6.07) is 6.62. The number of nitrogens with one attached hydrogen (secondary N) is 1. The van der Waals surface area contributed by atoms with Crippen molar-refractivity contribution in [3.8, 4) is 0 Å². The van der Waals surface area contributed by atoms with Crippen molar-refractivity contribution in [3.63, 3.8) is 0 Å². The van der Waals surface area contributed by atoms with E-state index in [1.54, 1.807) is 11.3 Å². The Morgan fingerprint density at radius 3 is 2.68 bits per heavy atom. The van der Waals surface area contributed by atoms with Crippen molar-refractivity contribution in [3.05, 3.63) is 23.8 Å². The van der Waals surface area contributed by atoms with Gasteiger partial charge in [-0.05, 0) is 37.2 Å². The molecule has 0 aliphatic rings. The van der Waals surface area contributed by atoms with Crippen molar-refractivity contribution in [1.82, 2.24) is 9.88 Å². The van der Waals surface area contributed by atoms with Crippen molar-refractivity contribution in [2.45, 2.75) is 33.7 Å². The molecule has 0 saturated carbocycles. The minimum atomic E-state index is 0.992. The quantitative estimate of drug-likeness (QED) is 0.830. The van der Waals surface area contributed by atoms with Gasteiger partial charge in [0.25, 0.3) is 0 Å². The van der Waals surface area contributed by atoms with Crippen LogP contribution in [-0.4, -0.2) is 29.5 Å². The molecule has 0 saturated heterocycles. The van der Waals surface area contributed by atoms with E-state index < -0.39 is 0 Å². The summed E-state index contributed by atoms with van der Waals surface area (Å²) in [5.74, 6) is 0. The molecule has 3 nitrogen and oxygen atoms in total. The van der Waals surface area contributed by atoms with Crippen molar-refractivity contribution in [2.24, 2.45) is 0 Å². The van der Waals surface area contributed by atoms with E-state index in [0.717, 1.165) is 43.2 Å². The molecule has 0 bridgehead atoms. The van der Waals surface area contributed by atoms with Gasteiger partial charge in [0.05, 0.1) is 10.2 Å². The van der Waals surface area contributed by atoms with E-state index in [1.807, 2.05) is 0 Å². The molecule has 104 valence electrons. The Hall–Kier alpha value is -1.13. The smallest absolute Gasteiger partial charge is 0.183 e. The second-order valence-electron chi connectivity index (χ2n) is 4.71. The Morgan fingerprint density at radius 2 is 2.00 bits per heavy atom. The zero-order chi connectivity index (χ0) is 13.7. The fraction of sp³-hybridized carbons (Fsp3) is 0.533. The highest BCUT2D eigenvalue weighted by atomic mass is 32.1. The minimum Gasteiger partial charge on any atom is -0.361 e. The fourth-order valence-corrected chi connectivity index (χ4v) is 3.04. The van der Waals surface area contributed by atoms with Gasteiger partial charge in [0, 0.05) is 13.1 Å². The average Bonchev–Trinajstić information content (AvgIpc) is 2.84. The monoisotopic (exact) mass is 277 g/mol. The number of nitrogens with zero attached hydrogens (tertiary/aromatic N) is 2. The average molecular weight is 277 g/mol. The number of thiazole rings is 1. The zero-order valence-corrected chi connectivity index (χ0v) is 12.9. The van der Waals surface area contributed by atoms with Gasteiger partial charge < -0.3 is 5.32 Å². The molecule has 2 aromatic rings. The molecule has 0 aliphatic carbocycles. The van der Waals surface area contributed by atoms with Crippen LogP contribution < -0.4 is 5.32 Å². The first kappa shape index (κ1) is 14.3. The number of hydrogen-bond acceptors (Lipinski definition) is 4. The van der Waals surface area contributed by atoms with Crippen LogP contribution >= 0.6 is 11.3 Å². The van der Waals surface area contributed by atoms with Crippen LogP contribution in [0.15, 0.2) is 18.2 Å². The second kappa shape index (κ2) is 6.87. The molecule has 1 heterocycles. The molecule has 1 N–H and O–H groups in total. The molecule has 0 unspecified atom stereocenters. The van der Waals surface area contributed by atoms with Crippen molar-refractivity contribution in [1.29, 1.82) is 0 Å². The largest absolute Gasteiger partial charge is 0.361 e. The van der Waals surface area contributed by atoms with Gasteiger partial charge in [0.15, 0.2) is 5.13 Å². The van der Waals surface area contributed by atoms with Crippen molar-refractivity contribution < 1.29 is 0 Å². The highest BCUT2D eigenvalue weighted by molar-refractivity contribution is 7.22. The fourth-order valence-electron chi connectivity index (χ4n) is 2.08. The number of anilines is 1. The summed E-state index contributed by atoms with van der Waals surface area (Å²) in [5.41, 5.74) is 2.48. The Labute approximate surface area is 119 Å². The molecule has 0 spiro atoms. The van der Waals surface area contributed by atoms with E-state index in [9.17, 15) is 0 Å². The summed E-state index contributed by atoms with van der Waals surface area (Å²) in [7, 11) is 0. The van der Waals surface area contributed by atoms with Gasteiger partial charge in [-0.25, -0.2) is 4.98 Å². The first-order valence-corrected chi connectivity index (χ1v) is 7.94. The minimum absolute atomic E-state index is 0.992. The molecule has 0 atom stereocenters. The Balaban J connectivity index is 2.15. The molecule has 1 aromatic heterocycles. The predicted octanol–water partition coefficient (Wildman–Crippen LogP) is 3.96. The van der Waals surface area contributed by atoms with Gasteiger partial charge in [-0.15, -0.1) is 0 Å². The van der Waals surface area contributed by atoms with Gasteiger partial charge in [-0.2, -0.15) is 0 Å². The molecular formula is C15H23N3S. The molecule has 0 radical (unpaired) electrons. The molecule has 0 aliphatic heterocycles. The first-order valence-electron chi connectivity index (χ1n) is 7.12.